The maximum Gasteiger partial charge on any atom is 0.253 e. The Bertz CT molecular complexity index is 493. The second-order valence-electron chi connectivity index (χ2n) is 3.72. The molecule has 2 rings (SSSR count). The maximum atomic E-state index is 11.8. The van der Waals surface area contributed by atoms with Crippen molar-refractivity contribution in [1.29, 1.82) is 0 Å². The number of pyridine rings is 1. The highest BCUT2D eigenvalue weighted by Gasteiger charge is 2.05. The van der Waals surface area contributed by atoms with Crippen LogP contribution >= 0.6 is 11.3 Å². The number of nitrogens with zero attached hydrogens (tertiary/aromatic N) is 1. The van der Waals surface area contributed by atoms with Gasteiger partial charge in [0.05, 0.1) is 12.1 Å². The Labute approximate surface area is 110 Å². The summed E-state index contributed by atoms with van der Waals surface area (Å²) in [4.78, 5) is 17.1. The molecule has 0 saturated heterocycles. The number of amides is 1. The summed E-state index contributed by atoms with van der Waals surface area (Å²) in [5.41, 5.74) is 0.577. The van der Waals surface area contributed by atoms with Crippen LogP contribution in [0.5, 0.6) is 0 Å². The Balaban J connectivity index is 1.92. The Kier molecular flexibility index (Phi) is 4.30. The number of anilines is 1. The third-order valence-electron chi connectivity index (χ3n) is 2.39. The molecule has 0 atom stereocenters. The summed E-state index contributed by atoms with van der Waals surface area (Å²) in [5, 5.41) is 7.95. The van der Waals surface area contributed by atoms with Crippen LogP contribution in [0.25, 0.3) is 0 Å². The number of hydrogen-bond donors (Lipinski definition) is 2. The Morgan fingerprint density at radius 1 is 1.39 bits per heavy atom. The Morgan fingerprint density at radius 3 is 2.89 bits per heavy atom. The van der Waals surface area contributed by atoms with E-state index in [1.807, 2.05) is 30.5 Å². The summed E-state index contributed by atoms with van der Waals surface area (Å²) in [7, 11) is 0. The predicted octanol–water partition coefficient (Wildman–Crippen LogP) is 2.50. The molecule has 0 unspecified atom stereocenters. The first kappa shape index (κ1) is 12.6. The third kappa shape index (κ3) is 3.30. The fourth-order valence-electron chi connectivity index (χ4n) is 1.50. The predicted molar refractivity (Wildman–Crippen MR) is 73.9 cm³/mol. The van der Waals surface area contributed by atoms with E-state index in [4.69, 9.17) is 0 Å². The monoisotopic (exact) mass is 261 g/mol. The van der Waals surface area contributed by atoms with Gasteiger partial charge in [0.25, 0.3) is 5.91 Å². The van der Waals surface area contributed by atoms with Crippen molar-refractivity contribution in [2.45, 2.75) is 13.5 Å². The normalized spacial score (nSPS) is 10.1. The molecule has 0 fully saturated rings. The molecular formula is C13H15N3OS. The number of carbonyl (C=O) groups is 1. The van der Waals surface area contributed by atoms with Crippen molar-refractivity contribution in [3.8, 4) is 0 Å². The lowest BCUT2D eigenvalue weighted by Gasteiger charge is -2.05. The van der Waals surface area contributed by atoms with Crippen LogP contribution in [0.2, 0.25) is 0 Å². The third-order valence-corrected chi connectivity index (χ3v) is 3.26. The summed E-state index contributed by atoms with van der Waals surface area (Å²) < 4.78 is 0. The van der Waals surface area contributed by atoms with E-state index in [-0.39, 0.29) is 5.91 Å². The molecular weight excluding hydrogens is 246 g/mol. The molecule has 0 bridgehead atoms. The van der Waals surface area contributed by atoms with E-state index in [1.54, 1.807) is 23.6 Å². The number of carbonyl (C=O) groups excluding carboxylic acids is 1. The number of hydrogen-bond acceptors (Lipinski definition) is 4. The van der Waals surface area contributed by atoms with Crippen LogP contribution in [-0.2, 0) is 6.54 Å². The molecule has 2 heterocycles. The van der Waals surface area contributed by atoms with Gasteiger partial charge in [-0.1, -0.05) is 6.07 Å². The first-order valence-corrected chi connectivity index (χ1v) is 6.68. The van der Waals surface area contributed by atoms with Gasteiger partial charge in [0.15, 0.2) is 0 Å². The van der Waals surface area contributed by atoms with Gasteiger partial charge in [-0.25, -0.2) is 4.98 Å². The van der Waals surface area contributed by atoms with Gasteiger partial charge < -0.3 is 10.6 Å². The molecule has 2 aromatic heterocycles. The van der Waals surface area contributed by atoms with Gasteiger partial charge in [-0.05, 0) is 30.5 Å². The van der Waals surface area contributed by atoms with E-state index in [0.717, 1.165) is 17.2 Å². The van der Waals surface area contributed by atoms with Gasteiger partial charge in [-0.15, -0.1) is 11.3 Å². The number of aromatic nitrogens is 1. The maximum absolute atomic E-state index is 11.8. The number of thiophene rings is 1. The molecule has 0 aliphatic heterocycles. The van der Waals surface area contributed by atoms with Crippen LogP contribution in [0.4, 0.5) is 5.82 Å². The molecule has 4 nitrogen and oxygen atoms in total. The molecule has 1 amide bonds. The molecule has 0 radical (unpaired) electrons. The van der Waals surface area contributed by atoms with Gasteiger partial charge >= 0.3 is 0 Å². The Hall–Kier alpha value is -1.88. The zero-order valence-electron chi connectivity index (χ0n) is 10.1. The minimum atomic E-state index is -0.0982. The second kappa shape index (κ2) is 6.16. The minimum Gasteiger partial charge on any atom is -0.370 e. The first-order valence-electron chi connectivity index (χ1n) is 5.80. The van der Waals surface area contributed by atoms with Crippen LogP contribution in [0.1, 0.15) is 22.2 Å². The lowest BCUT2D eigenvalue weighted by Crippen LogP contribution is -2.22. The lowest BCUT2D eigenvalue weighted by molar-refractivity contribution is 0.0951. The highest BCUT2D eigenvalue weighted by Crippen LogP contribution is 2.09. The second-order valence-corrected chi connectivity index (χ2v) is 4.76. The van der Waals surface area contributed by atoms with Gasteiger partial charge in [0.2, 0.25) is 0 Å². The van der Waals surface area contributed by atoms with Gasteiger partial charge in [-0.2, -0.15) is 0 Å². The minimum absolute atomic E-state index is 0.0982. The van der Waals surface area contributed by atoms with E-state index in [0.29, 0.717) is 12.1 Å². The molecule has 2 aromatic rings. The van der Waals surface area contributed by atoms with Crippen molar-refractivity contribution in [1.82, 2.24) is 10.3 Å². The van der Waals surface area contributed by atoms with Crippen molar-refractivity contribution < 1.29 is 4.79 Å². The van der Waals surface area contributed by atoms with E-state index in [9.17, 15) is 4.79 Å². The smallest absolute Gasteiger partial charge is 0.253 e. The molecule has 0 spiro atoms. The van der Waals surface area contributed by atoms with Crippen molar-refractivity contribution in [3.63, 3.8) is 0 Å². The fourth-order valence-corrected chi connectivity index (χ4v) is 2.14. The topological polar surface area (TPSA) is 54.0 Å². The summed E-state index contributed by atoms with van der Waals surface area (Å²) in [6, 6.07) is 7.55. The first-order chi connectivity index (χ1) is 8.79. The summed E-state index contributed by atoms with van der Waals surface area (Å²) in [5.74, 6) is 0.686. The Morgan fingerprint density at radius 2 is 2.28 bits per heavy atom. The average molecular weight is 261 g/mol. The van der Waals surface area contributed by atoms with Crippen LogP contribution in [-0.4, -0.2) is 17.4 Å². The zero-order valence-corrected chi connectivity index (χ0v) is 11.0. The number of rotatable bonds is 5. The summed E-state index contributed by atoms with van der Waals surface area (Å²) >= 11 is 1.63. The molecule has 0 saturated carbocycles. The van der Waals surface area contributed by atoms with E-state index >= 15 is 0 Å². The molecule has 18 heavy (non-hydrogen) atoms. The van der Waals surface area contributed by atoms with E-state index in [1.165, 1.54) is 0 Å². The van der Waals surface area contributed by atoms with Crippen molar-refractivity contribution in [3.05, 3.63) is 46.3 Å². The molecule has 0 aliphatic carbocycles. The van der Waals surface area contributed by atoms with Crippen molar-refractivity contribution in [2.24, 2.45) is 0 Å². The van der Waals surface area contributed by atoms with Gasteiger partial charge in [0.1, 0.15) is 5.82 Å². The molecule has 5 heteroatoms. The lowest BCUT2D eigenvalue weighted by atomic mass is 10.2. The van der Waals surface area contributed by atoms with Crippen LogP contribution in [0, 0.1) is 0 Å². The highest BCUT2D eigenvalue weighted by molar-refractivity contribution is 7.09. The zero-order chi connectivity index (χ0) is 12.8. The van der Waals surface area contributed by atoms with Crippen LogP contribution in [0.15, 0.2) is 35.8 Å². The van der Waals surface area contributed by atoms with E-state index in [2.05, 4.69) is 15.6 Å². The number of nitrogens with one attached hydrogen (secondary N) is 2. The van der Waals surface area contributed by atoms with Crippen molar-refractivity contribution >= 4 is 23.1 Å². The van der Waals surface area contributed by atoms with Crippen molar-refractivity contribution in [2.75, 3.05) is 11.9 Å². The molecule has 0 aromatic carbocycles. The highest BCUT2D eigenvalue weighted by atomic mass is 32.1. The van der Waals surface area contributed by atoms with Crippen LogP contribution < -0.4 is 10.6 Å². The molecule has 0 aliphatic rings. The summed E-state index contributed by atoms with van der Waals surface area (Å²) in [6.07, 6.45) is 1.59. The quantitative estimate of drug-likeness (QED) is 0.869. The standard InChI is InChI=1S/C13H15N3OS/c1-2-14-12-6-5-10(8-15-12)13(17)16-9-11-4-3-7-18-11/h3-8H,2,9H2,1H3,(H,14,15)(H,16,17). The largest absolute Gasteiger partial charge is 0.370 e. The average Bonchev–Trinajstić information content (AvgIpc) is 2.90. The summed E-state index contributed by atoms with van der Waals surface area (Å²) in [6.45, 7) is 3.38. The van der Waals surface area contributed by atoms with Gasteiger partial charge in [-0.3, -0.25) is 4.79 Å². The fraction of sp³-hybridized carbons (Fsp3) is 0.231. The van der Waals surface area contributed by atoms with Gasteiger partial charge in [0, 0.05) is 17.6 Å². The van der Waals surface area contributed by atoms with E-state index < -0.39 is 0 Å². The SMILES string of the molecule is CCNc1ccc(C(=O)NCc2cccs2)cn1. The van der Waals surface area contributed by atoms with Crippen LogP contribution in [0.3, 0.4) is 0 Å². The molecule has 94 valence electrons. The molecule has 2 N–H and O–H groups in total.